The van der Waals surface area contributed by atoms with Crippen molar-refractivity contribution in [3.63, 3.8) is 0 Å². The van der Waals surface area contributed by atoms with E-state index >= 15 is 0 Å². The normalized spacial score (nSPS) is 15.6. The van der Waals surface area contributed by atoms with Crippen LogP contribution in [0.1, 0.15) is 31.2 Å². The molecule has 0 atom stereocenters. The van der Waals surface area contributed by atoms with Gasteiger partial charge in [0.1, 0.15) is 0 Å². The molecule has 1 aliphatic carbocycles. The van der Waals surface area contributed by atoms with Crippen LogP contribution in [0, 0.1) is 5.92 Å². The minimum absolute atomic E-state index is 0.0230. The maximum absolute atomic E-state index is 11.9. The number of hydrogen-bond acceptors (Lipinski definition) is 2. The van der Waals surface area contributed by atoms with Crippen molar-refractivity contribution in [2.45, 2.75) is 32.2 Å². The first-order valence-electron chi connectivity index (χ1n) is 7.14. The fraction of sp³-hybridized carbons (Fsp3) is 0.438. The molecule has 0 saturated heterocycles. The summed E-state index contributed by atoms with van der Waals surface area (Å²) in [6, 6.07) is 9.89. The molecule has 3 nitrogen and oxygen atoms in total. The average molecular weight is 256 g/mol. The van der Waals surface area contributed by atoms with Crippen molar-refractivity contribution in [1.82, 2.24) is 10.3 Å². The monoisotopic (exact) mass is 256 g/mol. The quantitative estimate of drug-likeness (QED) is 0.808. The van der Waals surface area contributed by atoms with E-state index in [2.05, 4.69) is 10.3 Å². The molecule has 0 amide bonds. The van der Waals surface area contributed by atoms with Gasteiger partial charge < -0.3 is 10.3 Å². The Bertz CT molecular complexity index is 613. The Morgan fingerprint density at radius 1 is 1.26 bits per heavy atom. The van der Waals surface area contributed by atoms with Crippen LogP contribution in [-0.2, 0) is 6.54 Å². The Labute approximate surface area is 113 Å². The van der Waals surface area contributed by atoms with E-state index in [1.54, 1.807) is 0 Å². The van der Waals surface area contributed by atoms with Crippen molar-refractivity contribution in [2.75, 3.05) is 6.54 Å². The highest BCUT2D eigenvalue weighted by molar-refractivity contribution is 5.78. The lowest BCUT2D eigenvalue weighted by molar-refractivity contribution is 0.292. The van der Waals surface area contributed by atoms with Gasteiger partial charge in [-0.3, -0.25) is 4.79 Å². The number of rotatable bonds is 5. The smallest absolute Gasteiger partial charge is 0.252 e. The molecular formula is C16H20N2O. The number of fused-ring (bicyclic) bond motifs is 1. The number of H-pyrrole nitrogens is 1. The van der Waals surface area contributed by atoms with Crippen LogP contribution in [0.25, 0.3) is 10.9 Å². The summed E-state index contributed by atoms with van der Waals surface area (Å²) in [5, 5.41) is 4.48. The summed E-state index contributed by atoms with van der Waals surface area (Å²) in [5.74, 6) is 0.919. The van der Waals surface area contributed by atoms with Crippen LogP contribution < -0.4 is 10.9 Å². The van der Waals surface area contributed by atoms with Crippen LogP contribution in [0.15, 0.2) is 35.1 Å². The molecule has 0 radical (unpaired) electrons. The molecule has 19 heavy (non-hydrogen) atoms. The highest BCUT2D eigenvalue weighted by atomic mass is 16.1. The van der Waals surface area contributed by atoms with E-state index in [1.807, 2.05) is 30.3 Å². The van der Waals surface area contributed by atoms with Crippen molar-refractivity contribution in [2.24, 2.45) is 5.92 Å². The van der Waals surface area contributed by atoms with Gasteiger partial charge in [-0.05, 0) is 36.4 Å². The standard InChI is InChI=1S/C16H20N2O/c19-16-14(11-17-9-8-12-4-3-5-12)10-13-6-1-2-7-15(13)18-16/h1-2,6-7,10,12,17H,3-5,8-9,11H2,(H,18,19). The molecule has 100 valence electrons. The fourth-order valence-electron chi connectivity index (χ4n) is 2.63. The molecule has 0 spiro atoms. The summed E-state index contributed by atoms with van der Waals surface area (Å²) in [7, 11) is 0. The number of nitrogens with one attached hydrogen (secondary N) is 2. The molecule has 0 aliphatic heterocycles. The van der Waals surface area contributed by atoms with E-state index in [0.29, 0.717) is 6.54 Å². The summed E-state index contributed by atoms with van der Waals surface area (Å²) in [6.07, 6.45) is 5.41. The first kappa shape index (κ1) is 12.4. The van der Waals surface area contributed by atoms with Gasteiger partial charge in [-0.2, -0.15) is 0 Å². The van der Waals surface area contributed by atoms with Gasteiger partial charge >= 0.3 is 0 Å². The second kappa shape index (κ2) is 5.57. The lowest BCUT2D eigenvalue weighted by Crippen LogP contribution is -2.24. The van der Waals surface area contributed by atoms with Crippen LogP contribution in [0.5, 0.6) is 0 Å². The van der Waals surface area contributed by atoms with Crippen molar-refractivity contribution >= 4 is 10.9 Å². The molecule has 2 aromatic rings. The van der Waals surface area contributed by atoms with Gasteiger partial charge in [0.25, 0.3) is 5.56 Å². The third-order valence-corrected chi connectivity index (χ3v) is 4.10. The summed E-state index contributed by atoms with van der Waals surface area (Å²) >= 11 is 0. The number of benzene rings is 1. The molecule has 1 aromatic heterocycles. The van der Waals surface area contributed by atoms with Crippen LogP contribution in [0.4, 0.5) is 0 Å². The topological polar surface area (TPSA) is 44.9 Å². The largest absolute Gasteiger partial charge is 0.322 e. The van der Waals surface area contributed by atoms with Crippen molar-refractivity contribution < 1.29 is 0 Å². The van der Waals surface area contributed by atoms with E-state index in [0.717, 1.165) is 28.9 Å². The van der Waals surface area contributed by atoms with E-state index in [9.17, 15) is 4.79 Å². The molecule has 2 N–H and O–H groups in total. The molecule has 1 heterocycles. The van der Waals surface area contributed by atoms with Crippen LogP contribution in [-0.4, -0.2) is 11.5 Å². The molecule has 3 rings (SSSR count). The molecule has 1 fully saturated rings. The van der Waals surface area contributed by atoms with Crippen molar-refractivity contribution in [1.29, 1.82) is 0 Å². The molecule has 0 unspecified atom stereocenters. The van der Waals surface area contributed by atoms with Crippen LogP contribution in [0.2, 0.25) is 0 Å². The summed E-state index contributed by atoms with van der Waals surface area (Å²) in [6.45, 7) is 1.67. The highest BCUT2D eigenvalue weighted by Gasteiger charge is 2.16. The van der Waals surface area contributed by atoms with Gasteiger partial charge in [-0.15, -0.1) is 0 Å². The Morgan fingerprint density at radius 3 is 2.89 bits per heavy atom. The number of aromatic amines is 1. The lowest BCUT2D eigenvalue weighted by Gasteiger charge is -2.25. The zero-order chi connectivity index (χ0) is 13.1. The van der Waals surface area contributed by atoms with E-state index in [1.165, 1.54) is 25.7 Å². The first-order chi connectivity index (χ1) is 9.33. The molecule has 3 heteroatoms. The predicted molar refractivity (Wildman–Crippen MR) is 78.2 cm³/mol. The second-order valence-electron chi connectivity index (χ2n) is 5.47. The van der Waals surface area contributed by atoms with Gasteiger partial charge in [0.05, 0.1) is 0 Å². The van der Waals surface area contributed by atoms with E-state index in [4.69, 9.17) is 0 Å². The molecule has 1 aliphatic rings. The van der Waals surface area contributed by atoms with Gasteiger partial charge in [-0.1, -0.05) is 37.5 Å². The molecular weight excluding hydrogens is 236 g/mol. The Kier molecular flexibility index (Phi) is 3.65. The van der Waals surface area contributed by atoms with Gasteiger partial charge in [0.2, 0.25) is 0 Å². The van der Waals surface area contributed by atoms with Crippen LogP contribution >= 0.6 is 0 Å². The maximum Gasteiger partial charge on any atom is 0.252 e. The Morgan fingerprint density at radius 2 is 2.11 bits per heavy atom. The number of pyridine rings is 1. The average Bonchev–Trinajstić information content (AvgIpc) is 2.36. The second-order valence-corrected chi connectivity index (χ2v) is 5.47. The number of para-hydroxylation sites is 1. The zero-order valence-electron chi connectivity index (χ0n) is 11.1. The minimum Gasteiger partial charge on any atom is -0.322 e. The summed E-state index contributed by atoms with van der Waals surface area (Å²) in [4.78, 5) is 14.9. The third kappa shape index (κ3) is 2.87. The highest BCUT2D eigenvalue weighted by Crippen LogP contribution is 2.28. The predicted octanol–water partition coefficient (Wildman–Crippen LogP) is 2.81. The lowest BCUT2D eigenvalue weighted by atomic mass is 9.83. The SMILES string of the molecule is O=c1[nH]c2ccccc2cc1CNCCC1CCC1. The van der Waals surface area contributed by atoms with Gasteiger partial charge in [0, 0.05) is 17.6 Å². The van der Waals surface area contributed by atoms with Gasteiger partial charge in [-0.25, -0.2) is 0 Å². The fourth-order valence-corrected chi connectivity index (χ4v) is 2.63. The van der Waals surface area contributed by atoms with Crippen LogP contribution in [0.3, 0.4) is 0 Å². The van der Waals surface area contributed by atoms with Crippen molar-refractivity contribution in [3.8, 4) is 0 Å². The zero-order valence-corrected chi connectivity index (χ0v) is 11.1. The minimum atomic E-state index is 0.0230. The summed E-state index contributed by atoms with van der Waals surface area (Å²) in [5.41, 5.74) is 1.76. The summed E-state index contributed by atoms with van der Waals surface area (Å²) < 4.78 is 0. The number of hydrogen-bond donors (Lipinski definition) is 2. The van der Waals surface area contributed by atoms with Gasteiger partial charge in [0.15, 0.2) is 0 Å². The molecule has 1 aromatic carbocycles. The Hall–Kier alpha value is -1.61. The molecule has 0 bridgehead atoms. The Balaban J connectivity index is 1.63. The third-order valence-electron chi connectivity index (χ3n) is 4.10. The first-order valence-corrected chi connectivity index (χ1v) is 7.14. The maximum atomic E-state index is 11.9. The van der Waals surface area contributed by atoms with E-state index < -0.39 is 0 Å². The van der Waals surface area contributed by atoms with E-state index in [-0.39, 0.29) is 5.56 Å². The van der Waals surface area contributed by atoms with Crippen molar-refractivity contribution in [3.05, 3.63) is 46.2 Å². The molecule has 1 saturated carbocycles. The number of aromatic nitrogens is 1.